The second-order valence-corrected chi connectivity index (χ2v) is 9.08. The molecule has 1 heterocycles. The van der Waals surface area contributed by atoms with Crippen molar-refractivity contribution in [2.45, 2.75) is 58.3 Å². The van der Waals surface area contributed by atoms with E-state index in [9.17, 15) is 14.4 Å². The van der Waals surface area contributed by atoms with Gasteiger partial charge in [0.15, 0.2) is 0 Å². The number of carbonyl (C=O) groups excluding carboxylic acids is 3. The predicted molar refractivity (Wildman–Crippen MR) is 124 cm³/mol. The first kappa shape index (κ1) is 24.5. The fourth-order valence-corrected chi connectivity index (χ4v) is 3.36. The van der Waals surface area contributed by atoms with Gasteiger partial charge in [-0.05, 0) is 56.9 Å². The van der Waals surface area contributed by atoms with Crippen LogP contribution < -0.4 is 21.3 Å². The van der Waals surface area contributed by atoms with Gasteiger partial charge in [-0.1, -0.05) is 30.3 Å². The van der Waals surface area contributed by atoms with Gasteiger partial charge in [-0.3, -0.25) is 14.4 Å². The Kier molecular flexibility index (Phi) is 6.95. The molecule has 3 rings (SSSR count). The van der Waals surface area contributed by atoms with Gasteiger partial charge in [0, 0.05) is 18.9 Å². The smallest absolute Gasteiger partial charge is 0.427 e. The summed E-state index contributed by atoms with van der Waals surface area (Å²) in [6, 6.07) is 12.7. The molecule has 174 valence electrons. The number of ether oxygens (including phenoxy) is 1. The van der Waals surface area contributed by atoms with Crippen molar-refractivity contribution in [2.24, 2.45) is 5.73 Å². The van der Waals surface area contributed by atoms with Gasteiger partial charge < -0.3 is 25.1 Å². The molecular formula is C24H29BN2O6. The number of primary amides is 1. The van der Waals surface area contributed by atoms with Crippen molar-refractivity contribution < 1.29 is 28.4 Å². The molecule has 1 fully saturated rings. The first-order valence-corrected chi connectivity index (χ1v) is 10.7. The lowest BCUT2D eigenvalue weighted by Gasteiger charge is -2.32. The number of rotatable bonds is 7. The van der Waals surface area contributed by atoms with Crippen LogP contribution in [0, 0.1) is 0 Å². The summed E-state index contributed by atoms with van der Waals surface area (Å²) in [4.78, 5) is 35.8. The fraction of sp³-hybridized carbons (Fsp3) is 0.375. The Hall–Kier alpha value is -3.17. The average molecular weight is 452 g/mol. The summed E-state index contributed by atoms with van der Waals surface area (Å²) >= 11 is 0. The quantitative estimate of drug-likeness (QED) is 0.376. The first-order valence-electron chi connectivity index (χ1n) is 10.7. The van der Waals surface area contributed by atoms with Crippen molar-refractivity contribution in [3.05, 3.63) is 59.7 Å². The Morgan fingerprint density at radius 3 is 2.18 bits per heavy atom. The van der Waals surface area contributed by atoms with Crippen LogP contribution in [0.25, 0.3) is 0 Å². The number of esters is 1. The van der Waals surface area contributed by atoms with Crippen LogP contribution in [0.5, 0.6) is 5.75 Å². The van der Waals surface area contributed by atoms with Gasteiger partial charge in [0.2, 0.25) is 5.91 Å². The maximum Gasteiger partial charge on any atom is 0.494 e. The van der Waals surface area contributed by atoms with Gasteiger partial charge in [-0.15, -0.1) is 0 Å². The number of carbonyl (C=O) groups is 3. The zero-order chi connectivity index (χ0) is 24.4. The normalized spacial score (nSPS) is 17.3. The molecule has 3 N–H and O–H groups in total. The number of nitrogens with one attached hydrogen (secondary N) is 1. The summed E-state index contributed by atoms with van der Waals surface area (Å²) in [5.41, 5.74) is 6.57. The number of hydrogen-bond acceptors (Lipinski definition) is 6. The van der Waals surface area contributed by atoms with Crippen LogP contribution in [-0.4, -0.2) is 42.1 Å². The molecule has 33 heavy (non-hydrogen) atoms. The summed E-state index contributed by atoms with van der Waals surface area (Å²) in [5, 5.41) is 2.65. The minimum absolute atomic E-state index is 0.217. The lowest BCUT2D eigenvalue weighted by molar-refractivity contribution is -0.131. The molecule has 0 radical (unpaired) electrons. The zero-order valence-corrected chi connectivity index (χ0v) is 19.5. The summed E-state index contributed by atoms with van der Waals surface area (Å²) in [6.07, 6.45) is 0.217. The number of benzene rings is 2. The first-order chi connectivity index (χ1) is 15.4. The van der Waals surface area contributed by atoms with Crippen molar-refractivity contribution in [3.63, 3.8) is 0 Å². The van der Waals surface area contributed by atoms with E-state index in [0.717, 1.165) is 11.0 Å². The van der Waals surface area contributed by atoms with Crippen LogP contribution >= 0.6 is 0 Å². The van der Waals surface area contributed by atoms with E-state index in [-0.39, 0.29) is 17.7 Å². The van der Waals surface area contributed by atoms with E-state index in [0.29, 0.717) is 0 Å². The van der Waals surface area contributed by atoms with Crippen molar-refractivity contribution in [1.82, 2.24) is 5.32 Å². The Bertz CT molecular complexity index is 1040. The highest BCUT2D eigenvalue weighted by molar-refractivity contribution is 6.62. The Morgan fingerprint density at radius 1 is 1.03 bits per heavy atom. The summed E-state index contributed by atoms with van der Waals surface area (Å²) in [7, 11) is -0.486. The van der Waals surface area contributed by atoms with Crippen molar-refractivity contribution in [3.8, 4) is 5.75 Å². The molecule has 1 aliphatic heterocycles. The number of amides is 2. The maximum absolute atomic E-state index is 12.6. The minimum Gasteiger partial charge on any atom is -0.427 e. The lowest BCUT2D eigenvalue weighted by atomic mass is 9.78. The Labute approximate surface area is 193 Å². The predicted octanol–water partition coefficient (Wildman–Crippen LogP) is 1.74. The molecule has 2 amide bonds. The standard InChI is InChI=1S/C24H29BN2O6/c1-15(28)31-19-8-6-7-17(14-19)22(30)27-20(21(26)29)13-16-9-11-18(12-10-16)25-32-23(2,3)24(4,5)33-25/h6-12,14,20H,13H2,1-5H3,(H2,26,29)(H,27,30)/t20-/m0/s1. The molecule has 2 aromatic rings. The van der Waals surface area contributed by atoms with Gasteiger partial charge in [0.1, 0.15) is 11.8 Å². The summed E-state index contributed by atoms with van der Waals surface area (Å²) in [5.74, 6) is -1.41. The molecule has 1 saturated heterocycles. The van der Waals surface area contributed by atoms with E-state index in [2.05, 4.69) is 5.32 Å². The molecule has 0 unspecified atom stereocenters. The Morgan fingerprint density at radius 2 is 1.64 bits per heavy atom. The van der Waals surface area contributed by atoms with E-state index in [1.807, 2.05) is 52.0 Å². The van der Waals surface area contributed by atoms with Crippen LogP contribution in [0.15, 0.2) is 48.5 Å². The lowest BCUT2D eigenvalue weighted by Crippen LogP contribution is -2.46. The number of nitrogens with two attached hydrogens (primary N) is 1. The molecule has 1 aliphatic rings. The van der Waals surface area contributed by atoms with Gasteiger partial charge in [0.25, 0.3) is 5.91 Å². The third-order valence-corrected chi connectivity index (χ3v) is 5.95. The van der Waals surface area contributed by atoms with Crippen LogP contribution in [0.3, 0.4) is 0 Å². The molecule has 8 nitrogen and oxygen atoms in total. The highest BCUT2D eigenvalue weighted by Crippen LogP contribution is 2.36. The van der Waals surface area contributed by atoms with Crippen LogP contribution in [0.4, 0.5) is 0 Å². The SMILES string of the molecule is CC(=O)Oc1cccc(C(=O)N[C@@H](Cc2ccc(B3OC(C)(C)C(C)(C)O3)cc2)C(N)=O)c1. The van der Waals surface area contributed by atoms with E-state index < -0.39 is 42.1 Å². The van der Waals surface area contributed by atoms with Crippen LogP contribution in [-0.2, 0) is 25.3 Å². The minimum atomic E-state index is -0.919. The van der Waals surface area contributed by atoms with Gasteiger partial charge in [-0.25, -0.2) is 0 Å². The molecule has 0 saturated carbocycles. The van der Waals surface area contributed by atoms with Crippen molar-refractivity contribution in [2.75, 3.05) is 0 Å². The van der Waals surface area contributed by atoms with E-state index in [1.54, 1.807) is 18.2 Å². The molecule has 1 atom stereocenters. The largest absolute Gasteiger partial charge is 0.494 e. The maximum atomic E-state index is 12.6. The third-order valence-electron chi connectivity index (χ3n) is 5.95. The van der Waals surface area contributed by atoms with Gasteiger partial charge in [0.05, 0.1) is 11.2 Å². The second kappa shape index (κ2) is 9.37. The van der Waals surface area contributed by atoms with Crippen LogP contribution in [0.1, 0.15) is 50.5 Å². The van der Waals surface area contributed by atoms with Crippen LogP contribution in [0.2, 0.25) is 0 Å². The highest BCUT2D eigenvalue weighted by Gasteiger charge is 2.51. The summed E-state index contributed by atoms with van der Waals surface area (Å²) < 4.78 is 17.1. The number of hydrogen-bond donors (Lipinski definition) is 2. The van der Waals surface area contributed by atoms with Crippen molar-refractivity contribution in [1.29, 1.82) is 0 Å². The van der Waals surface area contributed by atoms with Gasteiger partial charge >= 0.3 is 13.1 Å². The molecule has 0 aliphatic carbocycles. The average Bonchev–Trinajstić information content (AvgIpc) is 2.94. The van der Waals surface area contributed by atoms with E-state index >= 15 is 0 Å². The zero-order valence-electron chi connectivity index (χ0n) is 19.5. The van der Waals surface area contributed by atoms with Crippen molar-refractivity contribution >= 4 is 30.4 Å². The Balaban J connectivity index is 1.67. The molecular weight excluding hydrogens is 423 g/mol. The molecule has 0 spiro atoms. The topological polar surface area (TPSA) is 117 Å². The third kappa shape index (κ3) is 5.80. The molecule has 0 aromatic heterocycles. The van der Waals surface area contributed by atoms with E-state index in [4.69, 9.17) is 19.8 Å². The highest BCUT2D eigenvalue weighted by atomic mass is 16.7. The van der Waals surface area contributed by atoms with Gasteiger partial charge in [-0.2, -0.15) is 0 Å². The summed E-state index contributed by atoms with van der Waals surface area (Å²) in [6.45, 7) is 9.23. The monoisotopic (exact) mass is 452 g/mol. The molecule has 9 heteroatoms. The fourth-order valence-electron chi connectivity index (χ4n) is 3.36. The second-order valence-electron chi connectivity index (χ2n) is 9.08. The molecule has 0 bridgehead atoms. The van der Waals surface area contributed by atoms with E-state index in [1.165, 1.54) is 13.0 Å². The molecule has 2 aromatic carbocycles.